The number of carbonyl (C=O) groups excluding carboxylic acids is 2. The molecule has 1 aliphatic rings. The molecule has 7 heteroatoms. The van der Waals surface area contributed by atoms with Crippen molar-refractivity contribution in [1.82, 2.24) is 9.91 Å². The van der Waals surface area contributed by atoms with Gasteiger partial charge in [0.15, 0.2) is 0 Å². The second-order valence-corrected chi connectivity index (χ2v) is 4.31. The molecule has 1 saturated heterocycles. The first-order valence-electron chi connectivity index (χ1n) is 5.93. The predicted octanol–water partition coefficient (Wildman–Crippen LogP) is 0.766. The first-order valence-corrected chi connectivity index (χ1v) is 5.93. The second kappa shape index (κ2) is 5.66. The summed E-state index contributed by atoms with van der Waals surface area (Å²) in [5.74, 6) is 4.67. The maximum Gasteiger partial charge on any atom is 0.334 e. The summed E-state index contributed by atoms with van der Waals surface area (Å²) in [4.78, 5) is 24.8. The Morgan fingerprint density at radius 1 is 1.42 bits per heavy atom. The van der Waals surface area contributed by atoms with Crippen molar-refractivity contribution in [1.29, 1.82) is 0 Å². The van der Waals surface area contributed by atoms with Crippen molar-refractivity contribution >= 4 is 17.6 Å². The van der Waals surface area contributed by atoms with Gasteiger partial charge in [-0.1, -0.05) is 6.07 Å². The van der Waals surface area contributed by atoms with Crippen molar-refractivity contribution in [3.63, 3.8) is 0 Å². The molecule has 0 bridgehead atoms. The molecule has 1 aromatic carbocycles. The van der Waals surface area contributed by atoms with E-state index >= 15 is 0 Å². The van der Waals surface area contributed by atoms with Crippen LogP contribution in [0.4, 0.5) is 14.9 Å². The lowest BCUT2D eigenvalue weighted by Crippen LogP contribution is -2.54. The lowest BCUT2D eigenvalue weighted by molar-refractivity contribution is -0.117. The molecule has 0 saturated carbocycles. The number of nitrogens with one attached hydrogen (secondary N) is 1. The summed E-state index contributed by atoms with van der Waals surface area (Å²) in [7, 11) is 0. The molecule has 0 unspecified atom stereocenters. The summed E-state index contributed by atoms with van der Waals surface area (Å²) in [6, 6.07) is 5.20. The van der Waals surface area contributed by atoms with Crippen LogP contribution in [-0.4, -0.2) is 41.5 Å². The number of hydrazine groups is 1. The van der Waals surface area contributed by atoms with E-state index in [1.54, 1.807) is 6.07 Å². The molecule has 3 N–H and O–H groups in total. The number of rotatable bonds is 3. The molecule has 0 atom stereocenters. The van der Waals surface area contributed by atoms with Crippen LogP contribution in [-0.2, 0) is 4.79 Å². The normalized spacial score (nSPS) is 15.6. The maximum absolute atomic E-state index is 13.0. The van der Waals surface area contributed by atoms with Gasteiger partial charge in [0, 0.05) is 18.8 Å². The molecule has 6 nitrogen and oxygen atoms in total. The van der Waals surface area contributed by atoms with Gasteiger partial charge in [-0.05, 0) is 24.6 Å². The SMILES string of the molecule is NN1CCCN(CC(=O)Nc2cccc(F)c2)C1=O. The zero-order valence-electron chi connectivity index (χ0n) is 10.3. The summed E-state index contributed by atoms with van der Waals surface area (Å²) in [6.45, 7) is 0.882. The van der Waals surface area contributed by atoms with Crippen LogP contribution in [0, 0.1) is 5.82 Å². The zero-order valence-corrected chi connectivity index (χ0v) is 10.3. The van der Waals surface area contributed by atoms with Crippen LogP contribution in [0.3, 0.4) is 0 Å². The lowest BCUT2D eigenvalue weighted by atomic mass is 10.3. The molecule has 1 heterocycles. The molecule has 3 amide bonds. The third-order valence-electron chi connectivity index (χ3n) is 2.79. The van der Waals surface area contributed by atoms with E-state index in [0.717, 1.165) is 11.4 Å². The minimum Gasteiger partial charge on any atom is -0.324 e. The molecule has 0 aliphatic carbocycles. The summed E-state index contributed by atoms with van der Waals surface area (Å²) in [6.07, 6.45) is 0.718. The highest BCUT2D eigenvalue weighted by atomic mass is 19.1. The van der Waals surface area contributed by atoms with Gasteiger partial charge in [-0.3, -0.25) is 9.80 Å². The molecular weight excluding hydrogens is 251 g/mol. The van der Waals surface area contributed by atoms with E-state index in [1.807, 2.05) is 0 Å². The molecule has 102 valence electrons. The van der Waals surface area contributed by atoms with E-state index < -0.39 is 5.82 Å². The lowest BCUT2D eigenvalue weighted by Gasteiger charge is -2.32. The number of amides is 3. The van der Waals surface area contributed by atoms with Gasteiger partial charge in [0.05, 0.1) is 0 Å². The number of anilines is 1. The fourth-order valence-corrected chi connectivity index (χ4v) is 1.89. The number of carbonyl (C=O) groups is 2. The van der Waals surface area contributed by atoms with Gasteiger partial charge in [-0.25, -0.2) is 15.0 Å². The molecule has 0 aromatic heterocycles. The average Bonchev–Trinajstić information content (AvgIpc) is 2.35. The van der Waals surface area contributed by atoms with Gasteiger partial charge in [-0.15, -0.1) is 0 Å². The molecule has 1 aliphatic heterocycles. The fourth-order valence-electron chi connectivity index (χ4n) is 1.89. The highest BCUT2D eigenvalue weighted by Gasteiger charge is 2.24. The zero-order chi connectivity index (χ0) is 13.8. The van der Waals surface area contributed by atoms with E-state index in [4.69, 9.17) is 5.84 Å². The Morgan fingerprint density at radius 2 is 2.21 bits per heavy atom. The van der Waals surface area contributed by atoms with Crippen molar-refractivity contribution in [2.24, 2.45) is 5.84 Å². The van der Waals surface area contributed by atoms with E-state index in [0.29, 0.717) is 18.8 Å². The van der Waals surface area contributed by atoms with Crippen molar-refractivity contribution in [3.8, 4) is 0 Å². The van der Waals surface area contributed by atoms with Crippen LogP contribution < -0.4 is 11.2 Å². The van der Waals surface area contributed by atoms with Crippen LogP contribution in [0.15, 0.2) is 24.3 Å². The topological polar surface area (TPSA) is 78.7 Å². The number of nitrogens with two attached hydrogens (primary N) is 1. The summed E-state index contributed by atoms with van der Waals surface area (Å²) in [5.41, 5.74) is 0.360. The molecule has 1 aromatic rings. The quantitative estimate of drug-likeness (QED) is 0.626. The smallest absolute Gasteiger partial charge is 0.324 e. The number of benzene rings is 1. The molecule has 2 rings (SSSR count). The third-order valence-corrected chi connectivity index (χ3v) is 2.79. The minimum absolute atomic E-state index is 0.0942. The Hall–Kier alpha value is -2.15. The summed E-state index contributed by atoms with van der Waals surface area (Å²) < 4.78 is 13.0. The standard InChI is InChI=1S/C12H15FN4O2/c13-9-3-1-4-10(7-9)15-11(18)8-16-5-2-6-17(14)12(16)19/h1,3-4,7H,2,5-6,8,14H2,(H,15,18). The van der Waals surface area contributed by atoms with Gasteiger partial charge in [0.2, 0.25) is 5.91 Å². The molecule has 0 radical (unpaired) electrons. The van der Waals surface area contributed by atoms with Gasteiger partial charge >= 0.3 is 6.03 Å². The number of halogens is 1. The first kappa shape index (κ1) is 13.3. The number of hydrogen-bond donors (Lipinski definition) is 2. The summed E-state index contributed by atoms with van der Waals surface area (Å²) in [5, 5.41) is 3.62. The van der Waals surface area contributed by atoms with Gasteiger partial charge in [0.25, 0.3) is 0 Å². The van der Waals surface area contributed by atoms with E-state index in [-0.39, 0.29) is 18.5 Å². The van der Waals surface area contributed by atoms with Crippen LogP contribution in [0.2, 0.25) is 0 Å². The molecule has 1 fully saturated rings. The van der Waals surface area contributed by atoms with E-state index in [2.05, 4.69) is 5.32 Å². The van der Waals surface area contributed by atoms with Crippen molar-refractivity contribution in [2.45, 2.75) is 6.42 Å². The largest absolute Gasteiger partial charge is 0.334 e. The minimum atomic E-state index is -0.431. The van der Waals surface area contributed by atoms with Gasteiger partial charge in [0.1, 0.15) is 12.4 Å². The summed E-state index contributed by atoms with van der Waals surface area (Å²) >= 11 is 0. The third kappa shape index (κ3) is 3.41. The molecule has 0 spiro atoms. The number of hydrogen-bond acceptors (Lipinski definition) is 3. The Morgan fingerprint density at radius 3 is 2.95 bits per heavy atom. The monoisotopic (exact) mass is 266 g/mol. The van der Waals surface area contributed by atoms with Crippen molar-refractivity contribution in [2.75, 3.05) is 25.0 Å². The number of urea groups is 1. The van der Waals surface area contributed by atoms with Crippen LogP contribution in [0.1, 0.15) is 6.42 Å². The Bertz CT molecular complexity index is 494. The Labute approximate surface area is 109 Å². The highest BCUT2D eigenvalue weighted by molar-refractivity contribution is 5.94. The first-order chi connectivity index (χ1) is 9.06. The fraction of sp³-hybridized carbons (Fsp3) is 0.333. The van der Waals surface area contributed by atoms with Crippen molar-refractivity contribution < 1.29 is 14.0 Å². The van der Waals surface area contributed by atoms with Crippen LogP contribution >= 0.6 is 0 Å². The molecular formula is C12H15FN4O2. The Balaban J connectivity index is 1.92. The van der Waals surface area contributed by atoms with Gasteiger partial charge < -0.3 is 10.2 Å². The van der Waals surface area contributed by atoms with E-state index in [9.17, 15) is 14.0 Å². The van der Waals surface area contributed by atoms with Crippen LogP contribution in [0.25, 0.3) is 0 Å². The maximum atomic E-state index is 13.0. The average molecular weight is 266 g/mol. The van der Waals surface area contributed by atoms with E-state index in [1.165, 1.54) is 23.1 Å². The molecule has 19 heavy (non-hydrogen) atoms. The van der Waals surface area contributed by atoms with Crippen LogP contribution in [0.5, 0.6) is 0 Å². The predicted molar refractivity (Wildman–Crippen MR) is 67.5 cm³/mol. The Kier molecular flexibility index (Phi) is 3.96. The highest BCUT2D eigenvalue weighted by Crippen LogP contribution is 2.10. The number of nitrogens with zero attached hydrogens (tertiary/aromatic N) is 2. The van der Waals surface area contributed by atoms with Crippen molar-refractivity contribution in [3.05, 3.63) is 30.1 Å². The van der Waals surface area contributed by atoms with Gasteiger partial charge in [-0.2, -0.15) is 0 Å². The second-order valence-electron chi connectivity index (χ2n) is 4.31.